The topological polar surface area (TPSA) is 105 Å². The van der Waals surface area contributed by atoms with Gasteiger partial charge in [0.15, 0.2) is 0 Å². The van der Waals surface area contributed by atoms with Gasteiger partial charge in [-0.1, -0.05) is 12.1 Å². The minimum Gasteiger partial charge on any atom is -0.375 e. The lowest BCUT2D eigenvalue weighted by molar-refractivity contribution is -0.136. The van der Waals surface area contributed by atoms with Crippen LogP contribution in [0.3, 0.4) is 0 Å². The fraction of sp³-hybridized carbons (Fsp3) is 0.609. The van der Waals surface area contributed by atoms with Crippen LogP contribution in [0.1, 0.15) is 60.0 Å². The maximum atomic E-state index is 13.0. The van der Waals surface area contributed by atoms with E-state index in [1.165, 1.54) is 0 Å². The number of rotatable bonds is 3. The molecule has 2 unspecified atom stereocenters. The molecule has 4 aliphatic heterocycles. The van der Waals surface area contributed by atoms with Crippen LogP contribution in [-0.4, -0.2) is 64.9 Å². The van der Waals surface area contributed by atoms with Gasteiger partial charge in [-0.3, -0.25) is 24.6 Å². The van der Waals surface area contributed by atoms with Gasteiger partial charge in [0.2, 0.25) is 11.8 Å². The highest BCUT2D eigenvalue weighted by Crippen LogP contribution is 2.35. The van der Waals surface area contributed by atoms with E-state index in [1.54, 1.807) is 4.90 Å². The van der Waals surface area contributed by atoms with Gasteiger partial charge in [-0.05, 0) is 49.3 Å². The molecule has 0 bridgehead atoms. The second kappa shape index (κ2) is 8.00. The van der Waals surface area contributed by atoms with Gasteiger partial charge in [-0.25, -0.2) is 0 Å². The van der Waals surface area contributed by atoms with E-state index in [1.807, 2.05) is 12.1 Å². The van der Waals surface area contributed by atoms with E-state index in [0.717, 1.165) is 63.1 Å². The predicted octanol–water partition coefficient (Wildman–Crippen LogP) is 0.920. The second-order valence-corrected chi connectivity index (χ2v) is 9.45. The molecule has 3 N–H and O–H groups in total. The first-order valence-electron chi connectivity index (χ1n) is 11.3. The van der Waals surface area contributed by atoms with E-state index in [0.29, 0.717) is 18.5 Å². The first kappa shape index (κ1) is 20.6. The fourth-order valence-electron chi connectivity index (χ4n) is 5.49. The summed E-state index contributed by atoms with van der Waals surface area (Å²) in [6, 6.07) is 5.73. The van der Waals surface area contributed by atoms with Gasteiger partial charge in [0, 0.05) is 50.8 Å². The van der Waals surface area contributed by atoms with Crippen molar-refractivity contribution in [2.24, 2.45) is 5.73 Å². The van der Waals surface area contributed by atoms with Gasteiger partial charge < -0.3 is 15.4 Å². The van der Waals surface area contributed by atoms with Crippen molar-refractivity contribution in [2.45, 2.75) is 69.3 Å². The maximum Gasteiger partial charge on any atom is 0.255 e. The highest BCUT2D eigenvalue weighted by molar-refractivity contribution is 6.05. The summed E-state index contributed by atoms with van der Waals surface area (Å²) < 4.78 is 6.12. The molecule has 8 nitrogen and oxygen atoms in total. The van der Waals surface area contributed by atoms with Crippen LogP contribution in [0.4, 0.5) is 0 Å². The second-order valence-electron chi connectivity index (χ2n) is 9.45. The number of nitrogens with zero attached hydrogens (tertiary/aromatic N) is 2. The van der Waals surface area contributed by atoms with Crippen LogP contribution in [0.2, 0.25) is 0 Å². The lowest BCUT2D eigenvalue weighted by Crippen LogP contribution is -2.52. The van der Waals surface area contributed by atoms with Crippen molar-refractivity contribution in [1.82, 2.24) is 15.1 Å². The zero-order chi connectivity index (χ0) is 21.6. The molecule has 31 heavy (non-hydrogen) atoms. The van der Waals surface area contributed by atoms with E-state index in [-0.39, 0.29) is 35.8 Å². The Morgan fingerprint density at radius 2 is 1.97 bits per heavy atom. The normalized spacial score (nSPS) is 28.7. The number of amides is 3. The van der Waals surface area contributed by atoms with Crippen molar-refractivity contribution in [1.29, 1.82) is 0 Å². The Hall–Kier alpha value is -2.29. The number of hydrogen-bond acceptors (Lipinski definition) is 6. The third kappa shape index (κ3) is 4.00. The smallest absolute Gasteiger partial charge is 0.255 e. The Bertz CT molecular complexity index is 909. The van der Waals surface area contributed by atoms with E-state index in [4.69, 9.17) is 10.5 Å². The van der Waals surface area contributed by atoms with Gasteiger partial charge in [-0.15, -0.1) is 0 Å². The number of ether oxygens (including phenoxy) is 1. The molecule has 1 aromatic rings. The van der Waals surface area contributed by atoms with Crippen molar-refractivity contribution in [3.63, 3.8) is 0 Å². The summed E-state index contributed by atoms with van der Waals surface area (Å²) in [4.78, 5) is 40.7. The van der Waals surface area contributed by atoms with Crippen molar-refractivity contribution in [2.75, 3.05) is 19.7 Å². The van der Waals surface area contributed by atoms with Crippen molar-refractivity contribution >= 4 is 17.7 Å². The number of fused-ring (bicyclic) bond motifs is 1. The quantitative estimate of drug-likeness (QED) is 0.697. The van der Waals surface area contributed by atoms with Crippen LogP contribution in [-0.2, 0) is 27.4 Å². The van der Waals surface area contributed by atoms with E-state index in [2.05, 4.69) is 16.3 Å². The molecule has 8 heteroatoms. The van der Waals surface area contributed by atoms with Crippen LogP contribution in [0, 0.1) is 0 Å². The number of likely N-dealkylation sites (tertiary alicyclic amines) is 1. The molecule has 166 valence electrons. The molecular formula is C23H30N4O4. The summed E-state index contributed by atoms with van der Waals surface area (Å²) in [6.45, 7) is 3.89. The number of piperidine rings is 2. The summed E-state index contributed by atoms with van der Waals surface area (Å²) in [5, 5.41) is 2.35. The number of nitrogens with two attached hydrogens (primary N) is 1. The van der Waals surface area contributed by atoms with Crippen LogP contribution < -0.4 is 11.1 Å². The lowest BCUT2D eigenvalue weighted by Gasteiger charge is -2.45. The Morgan fingerprint density at radius 1 is 1.16 bits per heavy atom. The summed E-state index contributed by atoms with van der Waals surface area (Å²) >= 11 is 0. The molecule has 1 aromatic carbocycles. The Kier molecular flexibility index (Phi) is 5.32. The molecule has 2 atom stereocenters. The average Bonchev–Trinajstić information content (AvgIpc) is 3.06. The Balaban J connectivity index is 1.22. The molecule has 4 heterocycles. The Labute approximate surface area is 182 Å². The average molecular weight is 427 g/mol. The number of nitrogens with one attached hydrogen (secondary N) is 1. The number of hydrogen-bond donors (Lipinski definition) is 2. The van der Waals surface area contributed by atoms with Crippen molar-refractivity contribution in [3.8, 4) is 0 Å². The first-order chi connectivity index (χ1) is 14.9. The Morgan fingerprint density at radius 3 is 2.71 bits per heavy atom. The number of carbonyl (C=O) groups excluding carboxylic acids is 3. The third-order valence-corrected chi connectivity index (χ3v) is 7.30. The van der Waals surface area contributed by atoms with Crippen molar-refractivity contribution in [3.05, 3.63) is 34.9 Å². The van der Waals surface area contributed by atoms with Gasteiger partial charge >= 0.3 is 0 Å². The van der Waals surface area contributed by atoms with Crippen LogP contribution in [0.5, 0.6) is 0 Å². The molecule has 0 aliphatic carbocycles. The zero-order valence-electron chi connectivity index (χ0n) is 17.8. The monoisotopic (exact) mass is 426 g/mol. The molecule has 5 rings (SSSR count). The summed E-state index contributed by atoms with van der Waals surface area (Å²) in [5.74, 6) is -0.755. The molecular weight excluding hydrogens is 396 g/mol. The first-order valence-corrected chi connectivity index (χ1v) is 11.3. The third-order valence-electron chi connectivity index (χ3n) is 7.30. The standard InChI is InChI=1S/C23H30N4O4/c24-17-5-10-31-23(12-17)6-8-26(9-7-23)13-15-1-2-16-14-27(22(30)18(16)11-15)19-3-4-20(28)25-21(19)29/h1-2,11,17,19H,3-10,12-14,24H2,(H,25,28,29). The molecule has 4 aliphatic rings. The number of carbonyl (C=O) groups is 3. The largest absolute Gasteiger partial charge is 0.375 e. The van der Waals surface area contributed by atoms with Gasteiger partial charge in [0.25, 0.3) is 5.91 Å². The van der Waals surface area contributed by atoms with Crippen LogP contribution in [0.25, 0.3) is 0 Å². The zero-order valence-corrected chi connectivity index (χ0v) is 17.8. The number of benzene rings is 1. The van der Waals surface area contributed by atoms with Gasteiger partial charge in [0.1, 0.15) is 6.04 Å². The van der Waals surface area contributed by atoms with E-state index < -0.39 is 6.04 Å². The van der Waals surface area contributed by atoms with Crippen molar-refractivity contribution < 1.29 is 19.1 Å². The van der Waals surface area contributed by atoms with Crippen LogP contribution in [0.15, 0.2) is 18.2 Å². The van der Waals surface area contributed by atoms with Crippen LogP contribution >= 0.6 is 0 Å². The molecule has 0 radical (unpaired) electrons. The highest BCUT2D eigenvalue weighted by atomic mass is 16.5. The molecule has 3 saturated heterocycles. The molecule has 1 spiro atoms. The predicted molar refractivity (Wildman–Crippen MR) is 113 cm³/mol. The number of imide groups is 1. The maximum absolute atomic E-state index is 13.0. The molecule has 3 amide bonds. The minimum absolute atomic E-state index is 0.0511. The molecule has 0 saturated carbocycles. The summed E-state index contributed by atoms with van der Waals surface area (Å²) in [7, 11) is 0. The minimum atomic E-state index is -0.568. The lowest BCUT2D eigenvalue weighted by atomic mass is 9.82. The molecule has 0 aromatic heterocycles. The highest BCUT2D eigenvalue weighted by Gasteiger charge is 2.40. The van der Waals surface area contributed by atoms with E-state index in [9.17, 15) is 14.4 Å². The molecule has 3 fully saturated rings. The SMILES string of the molecule is NC1CCOC2(CCN(Cc3ccc4c(c3)C(=O)N(C3CCC(=O)NC3=O)C4)CC2)C1. The summed E-state index contributed by atoms with van der Waals surface area (Å²) in [6.07, 6.45) is 4.54. The van der Waals surface area contributed by atoms with E-state index >= 15 is 0 Å². The van der Waals surface area contributed by atoms with Gasteiger partial charge in [-0.2, -0.15) is 0 Å². The summed E-state index contributed by atoms with van der Waals surface area (Å²) in [5.41, 5.74) is 8.85. The fourth-order valence-corrected chi connectivity index (χ4v) is 5.49. The van der Waals surface area contributed by atoms with Gasteiger partial charge in [0.05, 0.1) is 5.60 Å².